The molecule has 3 N–H and O–H groups in total. The van der Waals surface area contributed by atoms with Gasteiger partial charge in [-0.1, -0.05) is 23.9 Å². The predicted molar refractivity (Wildman–Crippen MR) is 110 cm³/mol. The number of imidazole rings is 1. The third-order valence-electron chi connectivity index (χ3n) is 4.02. The van der Waals surface area contributed by atoms with Crippen LogP contribution in [0, 0.1) is 6.92 Å². The van der Waals surface area contributed by atoms with Crippen LogP contribution in [0.2, 0.25) is 0 Å². The van der Waals surface area contributed by atoms with Crippen LogP contribution in [0.1, 0.15) is 5.69 Å². The fraction of sp³-hybridized carbons (Fsp3) is 0.100. The molecule has 2 heterocycles. The number of H-pyrrole nitrogens is 2. The second kappa shape index (κ2) is 7.69. The fourth-order valence-electron chi connectivity index (χ4n) is 2.75. The van der Waals surface area contributed by atoms with Crippen molar-refractivity contribution in [2.75, 3.05) is 11.1 Å². The van der Waals surface area contributed by atoms with E-state index in [0.717, 1.165) is 22.4 Å². The number of carbonyl (C=O) groups excluding carboxylic acids is 1. The van der Waals surface area contributed by atoms with E-state index in [1.54, 1.807) is 6.92 Å². The van der Waals surface area contributed by atoms with Gasteiger partial charge in [0.25, 0.3) is 5.56 Å². The third kappa shape index (κ3) is 4.12. The van der Waals surface area contributed by atoms with Crippen LogP contribution in [0.15, 0.2) is 64.5 Å². The molecule has 0 fully saturated rings. The monoisotopic (exact) mass is 391 g/mol. The second-order valence-electron chi connectivity index (χ2n) is 6.21. The van der Waals surface area contributed by atoms with E-state index in [1.807, 2.05) is 48.5 Å². The Morgan fingerprint density at radius 1 is 1.07 bits per heavy atom. The predicted octanol–water partition coefficient (Wildman–Crippen LogP) is 3.35. The molecule has 4 rings (SSSR count). The van der Waals surface area contributed by atoms with Crippen molar-refractivity contribution >= 4 is 34.4 Å². The molecule has 4 aromatic rings. The van der Waals surface area contributed by atoms with Crippen LogP contribution >= 0.6 is 11.8 Å². The summed E-state index contributed by atoms with van der Waals surface area (Å²) in [5.74, 6) is 0.757. The Morgan fingerprint density at radius 3 is 2.61 bits per heavy atom. The van der Waals surface area contributed by atoms with Crippen molar-refractivity contribution in [3.8, 4) is 11.4 Å². The number of benzene rings is 2. The van der Waals surface area contributed by atoms with E-state index in [1.165, 1.54) is 17.8 Å². The maximum atomic E-state index is 12.2. The third-order valence-corrected chi connectivity index (χ3v) is 4.89. The summed E-state index contributed by atoms with van der Waals surface area (Å²) < 4.78 is 0. The van der Waals surface area contributed by atoms with Crippen molar-refractivity contribution in [1.82, 2.24) is 19.9 Å². The molecular weight excluding hydrogens is 374 g/mol. The molecule has 0 aliphatic heterocycles. The topological polar surface area (TPSA) is 104 Å². The summed E-state index contributed by atoms with van der Waals surface area (Å²) in [5, 5.41) is 3.27. The Morgan fingerprint density at radius 2 is 1.86 bits per heavy atom. The molecule has 28 heavy (non-hydrogen) atoms. The van der Waals surface area contributed by atoms with E-state index in [9.17, 15) is 9.59 Å². The number of fused-ring (bicyclic) bond motifs is 1. The Hall–Kier alpha value is -3.39. The summed E-state index contributed by atoms with van der Waals surface area (Å²) in [6.45, 7) is 1.74. The van der Waals surface area contributed by atoms with Gasteiger partial charge in [-0.05, 0) is 43.3 Å². The minimum absolute atomic E-state index is 0.151. The molecule has 0 spiro atoms. The summed E-state index contributed by atoms with van der Waals surface area (Å²) in [5.41, 5.74) is 3.91. The number of hydrogen-bond acceptors (Lipinski definition) is 5. The lowest BCUT2D eigenvalue weighted by Gasteiger charge is -2.06. The first kappa shape index (κ1) is 18.0. The van der Waals surface area contributed by atoms with E-state index in [4.69, 9.17) is 0 Å². The molecule has 7 nitrogen and oxygen atoms in total. The first-order valence-corrected chi connectivity index (χ1v) is 9.61. The zero-order valence-corrected chi connectivity index (χ0v) is 15.8. The van der Waals surface area contributed by atoms with Crippen molar-refractivity contribution < 1.29 is 4.79 Å². The summed E-state index contributed by atoms with van der Waals surface area (Å²) in [4.78, 5) is 38.2. The minimum Gasteiger partial charge on any atom is -0.338 e. The molecule has 0 aliphatic rings. The molecule has 140 valence electrons. The molecule has 0 radical (unpaired) electrons. The zero-order chi connectivity index (χ0) is 19.5. The van der Waals surface area contributed by atoms with Gasteiger partial charge in [-0.15, -0.1) is 0 Å². The van der Waals surface area contributed by atoms with Gasteiger partial charge in [0.2, 0.25) is 5.91 Å². The Labute approximate surface area is 164 Å². The van der Waals surface area contributed by atoms with Gasteiger partial charge in [0.05, 0.1) is 16.8 Å². The number of para-hydroxylation sites is 2. The number of aromatic amines is 2. The maximum Gasteiger partial charge on any atom is 0.251 e. The lowest BCUT2D eigenvalue weighted by molar-refractivity contribution is -0.113. The number of amides is 1. The van der Waals surface area contributed by atoms with E-state index < -0.39 is 0 Å². The molecule has 2 aromatic heterocycles. The standard InChI is InChI=1S/C20H17N5O2S/c1-12-10-17(26)25-20(21-12)28-11-18(27)22-14-8-6-13(7-9-14)19-23-15-4-2-3-5-16(15)24-19/h2-10H,11H2,1H3,(H,22,27)(H,23,24)(H,21,25,26). The van der Waals surface area contributed by atoms with Crippen LogP contribution in [-0.2, 0) is 4.79 Å². The average Bonchev–Trinajstić information content (AvgIpc) is 3.10. The number of nitrogens with zero attached hydrogens (tertiary/aromatic N) is 2. The molecule has 2 aromatic carbocycles. The van der Waals surface area contributed by atoms with E-state index in [2.05, 4.69) is 25.3 Å². The summed E-state index contributed by atoms with van der Waals surface area (Å²) in [7, 11) is 0. The number of anilines is 1. The molecule has 0 saturated heterocycles. The van der Waals surface area contributed by atoms with Gasteiger partial charge in [-0.3, -0.25) is 9.59 Å². The van der Waals surface area contributed by atoms with Crippen molar-refractivity contribution in [2.24, 2.45) is 0 Å². The van der Waals surface area contributed by atoms with Gasteiger partial charge in [0, 0.05) is 23.0 Å². The van der Waals surface area contributed by atoms with E-state index >= 15 is 0 Å². The van der Waals surface area contributed by atoms with Gasteiger partial charge in [-0.25, -0.2) is 9.97 Å². The van der Waals surface area contributed by atoms with Gasteiger partial charge in [-0.2, -0.15) is 0 Å². The molecule has 1 amide bonds. The van der Waals surface area contributed by atoms with Crippen LogP contribution in [0.3, 0.4) is 0 Å². The number of aryl methyl sites for hydroxylation is 1. The molecule has 0 aliphatic carbocycles. The number of thioether (sulfide) groups is 1. The van der Waals surface area contributed by atoms with E-state index in [0.29, 0.717) is 16.5 Å². The summed E-state index contributed by atoms with van der Waals surface area (Å²) in [6, 6.07) is 16.7. The van der Waals surface area contributed by atoms with Gasteiger partial charge >= 0.3 is 0 Å². The molecule has 0 atom stereocenters. The number of carbonyl (C=O) groups is 1. The number of aromatic nitrogens is 4. The highest BCUT2D eigenvalue weighted by atomic mass is 32.2. The van der Waals surface area contributed by atoms with Gasteiger partial charge in [0.15, 0.2) is 5.16 Å². The average molecular weight is 391 g/mol. The smallest absolute Gasteiger partial charge is 0.251 e. The van der Waals surface area contributed by atoms with Crippen molar-refractivity contribution in [2.45, 2.75) is 12.1 Å². The number of hydrogen-bond donors (Lipinski definition) is 3. The first-order valence-electron chi connectivity index (χ1n) is 8.63. The highest BCUT2D eigenvalue weighted by Gasteiger charge is 2.08. The highest BCUT2D eigenvalue weighted by molar-refractivity contribution is 7.99. The quantitative estimate of drug-likeness (QED) is 0.358. The Kier molecular flexibility index (Phi) is 4.94. The van der Waals surface area contributed by atoms with Crippen LogP contribution in [-0.4, -0.2) is 31.6 Å². The van der Waals surface area contributed by atoms with Crippen LogP contribution in [0.4, 0.5) is 5.69 Å². The Balaban J connectivity index is 1.39. The lowest BCUT2D eigenvalue weighted by Crippen LogP contribution is -2.15. The minimum atomic E-state index is -0.225. The van der Waals surface area contributed by atoms with Crippen LogP contribution in [0.25, 0.3) is 22.4 Å². The largest absolute Gasteiger partial charge is 0.338 e. The van der Waals surface area contributed by atoms with Crippen molar-refractivity contribution in [3.63, 3.8) is 0 Å². The van der Waals surface area contributed by atoms with Crippen LogP contribution in [0.5, 0.6) is 0 Å². The molecule has 0 saturated carbocycles. The van der Waals surface area contributed by atoms with Gasteiger partial charge < -0.3 is 15.3 Å². The summed E-state index contributed by atoms with van der Waals surface area (Å²) >= 11 is 1.18. The SMILES string of the molecule is Cc1cc(=O)[nH]c(SCC(=O)Nc2ccc(-c3nc4ccccc4[nH]3)cc2)n1. The second-order valence-corrected chi connectivity index (χ2v) is 7.17. The zero-order valence-electron chi connectivity index (χ0n) is 15.0. The van der Waals surface area contributed by atoms with Crippen molar-refractivity contribution in [3.05, 3.63) is 70.6 Å². The van der Waals surface area contributed by atoms with Gasteiger partial charge in [0.1, 0.15) is 5.82 Å². The number of rotatable bonds is 5. The van der Waals surface area contributed by atoms with Crippen molar-refractivity contribution in [1.29, 1.82) is 0 Å². The number of nitrogens with one attached hydrogen (secondary N) is 3. The molecular formula is C20H17N5O2S. The molecule has 0 unspecified atom stereocenters. The normalized spacial score (nSPS) is 10.9. The molecule has 8 heteroatoms. The Bertz CT molecular complexity index is 1160. The lowest BCUT2D eigenvalue weighted by atomic mass is 10.2. The van der Waals surface area contributed by atoms with Crippen LogP contribution < -0.4 is 10.9 Å². The highest BCUT2D eigenvalue weighted by Crippen LogP contribution is 2.22. The fourth-order valence-corrected chi connectivity index (χ4v) is 3.47. The first-order chi connectivity index (χ1) is 13.6. The summed E-state index contributed by atoms with van der Waals surface area (Å²) in [6.07, 6.45) is 0. The van der Waals surface area contributed by atoms with E-state index in [-0.39, 0.29) is 17.2 Å². The maximum absolute atomic E-state index is 12.2. The molecule has 0 bridgehead atoms.